The number of rotatable bonds is 6. The van der Waals surface area contributed by atoms with Crippen molar-refractivity contribution in [2.45, 2.75) is 45.0 Å². The van der Waals surface area contributed by atoms with Crippen molar-refractivity contribution in [2.75, 3.05) is 6.61 Å². The van der Waals surface area contributed by atoms with Gasteiger partial charge >= 0.3 is 6.18 Å². The molecule has 7 nitrogen and oxygen atoms in total. The van der Waals surface area contributed by atoms with E-state index in [0.717, 1.165) is 23.4 Å². The van der Waals surface area contributed by atoms with Crippen molar-refractivity contribution >= 4 is 12.0 Å². The summed E-state index contributed by atoms with van der Waals surface area (Å²) in [7, 11) is 0. The van der Waals surface area contributed by atoms with E-state index in [0.29, 0.717) is 25.1 Å². The number of aryl methyl sites for hydroxylation is 1. The van der Waals surface area contributed by atoms with Gasteiger partial charge in [0.05, 0.1) is 11.3 Å². The lowest BCUT2D eigenvalue weighted by atomic mass is 9.80. The van der Waals surface area contributed by atoms with Crippen molar-refractivity contribution in [1.82, 2.24) is 20.1 Å². The van der Waals surface area contributed by atoms with Crippen molar-refractivity contribution in [3.05, 3.63) is 52.7 Å². The first-order valence-electron chi connectivity index (χ1n) is 9.46. The molecule has 3 rings (SSSR count). The van der Waals surface area contributed by atoms with Crippen LogP contribution in [0, 0.1) is 5.92 Å². The molecule has 0 aromatic carbocycles. The number of alkyl halides is 3. The number of hydrogen-bond acceptors (Lipinski definition) is 5. The first-order chi connectivity index (χ1) is 14.0. The molecule has 0 radical (unpaired) electrons. The second kappa shape index (κ2) is 8.19. The minimum absolute atomic E-state index is 0.0258. The van der Waals surface area contributed by atoms with Crippen LogP contribution in [-0.4, -0.2) is 43.1 Å². The fourth-order valence-electron chi connectivity index (χ4n) is 3.34. The Labute approximate surface area is 171 Å². The lowest BCUT2D eigenvalue weighted by molar-refractivity contribution is -0.141. The molecule has 10 heteroatoms. The quantitative estimate of drug-likeness (QED) is 0.661. The van der Waals surface area contributed by atoms with Crippen LogP contribution >= 0.6 is 0 Å². The molecular formula is C20H23F3N4O3. The number of carbonyl (C=O) groups excluding carboxylic acids is 1. The van der Waals surface area contributed by atoms with E-state index in [-0.39, 0.29) is 12.3 Å². The molecule has 2 aromatic heterocycles. The van der Waals surface area contributed by atoms with Gasteiger partial charge in [0.1, 0.15) is 11.4 Å². The van der Waals surface area contributed by atoms with Crippen LogP contribution < -0.4 is 5.32 Å². The number of amides is 1. The minimum Gasteiger partial charge on any atom is -0.396 e. The summed E-state index contributed by atoms with van der Waals surface area (Å²) in [4.78, 5) is 16.0. The van der Waals surface area contributed by atoms with Crippen molar-refractivity contribution in [3.8, 4) is 0 Å². The molecule has 1 atom stereocenters. The Hall–Kier alpha value is -2.72. The normalized spacial score (nSPS) is 16.8. The maximum Gasteiger partial charge on any atom is 0.433 e. The third-order valence-corrected chi connectivity index (χ3v) is 4.88. The minimum atomic E-state index is -4.66. The highest BCUT2D eigenvalue weighted by atomic mass is 19.4. The highest BCUT2D eigenvalue weighted by molar-refractivity contribution is 5.94. The van der Waals surface area contributed by atoms with Crippen molar-refractivity contribution in [1.29, 1.82) is 0 Å². The standard InChI is InChI=1S/C20H23F3N4O3/c1-19(2,30)13-10-15-12(11-27(26-15)7-4-8-28)9-16(13)25-18(29)14-5-3-6-17(24-14)20(21,22)23/h3,5-6,9,11,13,28,30H,4,7-8,10H2,1-2H3,(H,25,29). The predicted molar refractivity (Wildman–Crippen MR) is 102 cm³/mol. The number of pyridine rings is 1. The smallest absolute Gasteiger partial charge is 0.396 e. The van der Waals surface area contributed by atoms with E-state index >= 15 is 0 Å². The Morgan fingerprint density at radius 1 is 1.33 bits per heavy atom. The summed E-state index contributed by atoms with van der Waals surface area (Å²) in [5.74, 6) is -1.32. The average molecular weight is 424 g/mol. The van der Waals surface area contributed by atoms with Crippen LogP contribution in [0.25, 0.3) is 6.08 Å². The van der Waals surface area contributed by atoms with Gasteiger partial charge in [0.25, 0.3) is 5.91 Å². The third-order valence-electron chi connectivity index (χ3n) is 4.88. The maximum atomic E-state index is 12.9. The number of aliphatic hydroxyl groups excluding tert-OH is 1. The van der Waals surface area contributed by atoms with Crippen LogP contribution in [-0.2, 0) is 19.1 Å². The monoisotopic (exact) mass is 424 g/mol. The Morgan fingerprint density at radius 3 is 2.70 bits per heavy atom. The highest BCUT2D eigenvalue weighted by Gasteiger charge is 2.36. The van der Waals surface area contributed by atoms with E-state index in [2.05, 4.69) is 15.4 Å². The van der Waals surface area contributed by atoms with Crippen molar-refractivity contribution in [2.24, 2.45) is 5.92 Å². The van der Waals surface area contributed by atoms with E-state index in [1.54, 1.807) is 30.8 Å². The van der Waals surface area contributed by atoms with E-state index in [9.17, 15) is 23.1 Å². The molecule has 0 saturated carbocycles. The molecule has 1 aliphatic rings. The van der Waals surface area contributed by atoms with Gasteiger partial charge in [-0.1, -0.05) is 6.07 Å². The van der Waals surface area contributed by atoms with Crippen molar-refractivity contribution in [3.63, 3.8) is 0 Å². The SMILES string of the molecule is CC(C)(O)C1Cc2nn(CCCO)cc2C=C1NC(=O)c1cccc(C(F)(F)F)n1. The number of aromatic nitrogens is 3. The average Bonchev–Trinajstić information content (AvgIpc) is 3.06. The van der Waals surface area contributed by atoms with Crippen LogP contribution in [0.3, 0.4) is 0 Å². The van der Waals surface area contributed by atoms with Gasteiger partial charge in [-0.05, 0) is 38.5 Å². The molecule has 2 heterocycles. The first kappa shape index (κ1) is 22.0. The lowest BCUT2D eigenvalue weighted by Crippen LogP contribution is -2.41. The van der Waals surface area contributed by atoms with Gasteiger partial charge in [-0.3, -0.25) is 9.48 Å². The summed E-state index contributed by atoms with van der Waals surface area (Å²) in [5.41, 5.74) is -0.895. The fraction of sp³-hybridized carbons (Fsp3) is 0.450. The van der Waals surface area contributed by atoms with Gasteiger partial charge in [0.15, 0.2) is 0 Å². The summed E-state index contributed by atoms with van der Waals surface area (Å²) in [6, 6.07) is 3.12. The zero-order chi connectivity index (χ0) is 22.1. The zero-order valence-corrected chi connectivity index (χ0v) is 16.6. The first-order valence-corrected chi connectivity index (χ1v) is 9.46. The number of nitrogens with zero attached hydrogens (tertiary/aromatic N) is 3. The second-order valence-electron chi connectivity index (χ2n) is 7.74. The summed E-state index contributed by atoms with van der Waals surface area (Å²) in [6.07, 6.45) is -0.360. The Morgan fingerprint density at radius 2 is 2.07 bits per heavy atom. The Kier molecular flexibility index (Phi) is 6.00. The van der Waals surface area contributed by atoms with E-state index in [1.165, 1.54) is 6.07 Å². The highest BCUT2D eigenvalue weighted by Crippen LogP contribution is 2.34. The van der Waals surface area contributed by atoms with Crippen LogP contribution in [0.4, 0.5) is 13.2 Å². The summed E-state index contributed by atoms with van der Waals surface area (Å²) >= 11 is 0. The largest absolute Gasteiger partial charge is 0.433 e. The van der Waals surface area contributed by atoms with Crippen LogP contribution in [0.5, 0.6) is 0 Å². The Balaban J connectivity index is 1.89. The fourth-order valence-corrected chi connectivity index (χ4v) is 3.34. The van der Waals surface area contributed by atoms with Gasteiger partial charge in [-0.25, -0.2) is 4.98 Å². The molecular weight excluding hydrogens is 401 g/mol. The van der Waals surface area contributed by atoms with Gasteiger partial charge in [0.2, 0.25) is 0 Å². The number of halogens is 3. The molecule has 0 aliphatic heterocycles. The molecule has 30 heavy (non-hydrogen) atoms. The van der Waals surface area contributed by atoms with Gasteiger partial charge in [-0.2, -0.15) is 18.3 Å². The molecule has 2 aromatic rings. The van der Waals surface area contributed by atoms with Crippen LogP contribution in [0.2, 0.25) is 0 Å². The third kappa shape index (κ3) is 4.88. The molecule has 0 bridgehead atoms. The van der Waals surface area contributed by atoms with Gasteiger partial charge < -0.3 is 15.5 Å². The Bertz CT molecular complexity index is 961. The molecule has 0 fully saturated rings. The topological polar surface area (TPSA) is 100 Å². The predicted octanol–water partition coefficient (Wildman–Crippen LogP) is 2.39. The molecule has 1 amide bonds. The number of aliphatic hydroxyl groups is 2. The van der Waals surface area contributed by atoms with Crippen molar-refractivity contribution < 1.29 is 28.2 Å². The maximum absolute atomic E-state index is 12.9. The summed E-state index contributed by atoms with van der Waals surface area (Å²) in [5, 5.41) is 26.7. The second-order valence-corrected chi connectivity index (χ2v) is 7.74. The van der Waals surface area contributed by atoms with E-state index < -0.39 is 29.3 Å². The van der Waals surface area contributed by atoms with Gasteiger partial charge in [-0.15, -0.1) is 0 Å². The lowest BCUT2D eigenvalue weighted by Gasteiger charge is -2.33. The molecule has 1 aliphatic carbocycles. The van der Waals surface area contributed by atoms with Crippen LogP contribution in [0.15, 0.2) is 30.1 Å². The molecule has 0 spiro atoms. The molecule has 0 saturated heterocycles. The number of hydrogen-bond donors (Lipinski definition) is 3. The number of nitrogens with one attached hydrogen (secondary N) is 1. The molecule has 3 N–H and O–H groups in total. The summed E-state index contributed by atoms with van der Waals surface area (Å²) in [6.45, 7) is 3.72. The van der Waals surface area contributed by atoms with E-state index in [4.69, 9.17) is 5.11 Å². The van der Waals surface area contributed by atoms with Crippen LogP contribution in [0.1, 0.15) is 47.7 Å². The molecule has 1 unspecified atom stereocenters. The number of fused-ring (bicyclic) bond motifs is 1. The number of carbonyl (C=O) groups is 1. The van der Waals surface area contributed by atoms with Gasteiger partial charge in [0, 0.05) is 42.9 Å². The van der Waals surface area contributed by atoms with E-state index in [1.807, 2.05) is 0 Å². The summed E-state index contributed by atoms with van der Waals surface area (Å²) < 4.78 is 40.4. The molecule has 162 valence electrons. The zero-order valence-electron chi connectivity index (χ0n) is 16.6.